The fourth-order valence-corrected chi connectivity index (χ4v) is 2.32. The van der Waals surface area contributed by atoms with Gasteiger partial charge in [-0.3, -0.25) is 0 Å². The molecule has 0 fully saturated rings. The van der Waals surface area contributed by atoms with Crippen LogP contribution in [0.4, 0.5) is 5.69 Å². The molecule has 0 bridgehead atoms. The van der Waals surface area contributed by atoms with Crippen molar-refractivity contribution in [1.29, 1.82) is 0 Å². The van der Waals surface area contributed by atoms with Gasteiger partial charge in [0.2, 0.25) is 0 Å². The zero-order valence-electron chi connectivity index (χ0n) is 10.3. The molecule has 0 aliphatic rings. The molecule has 1 unspecified atom stereocenters. The summed E-state index contributed by atoms with van der Waals surface area (Å²) in [6.07, 6.45) is 2.41. The van der Waals surface area contributed by atoms with Gasteiger partial charge in [-0.2, -0.15) is 0 Å². The quantitative estimate of drug-likeness (QED) is 0.896. The second kappa shape index (κ2) is 6.26. The van der Waals surface area contributed by atoms with E-state index in [1.165, 1.54) is 24.1 Å². The molecule has 0 radical (unpaired) electrons. The number of nitrogens with zero attached hydrogens (tertiary/aromatic N) is 1. The second-order valence-corrected chi connectivity index (χ2v) is 5.14. The van der Waals surface area contributed by atoms with E-state index in [1.54, 1.807) is 0 Å². The van der Waals surface area contributed by atoms with Crippen molar-refractivity contribution < 1.29 is 0 Å². The molecule has 0 heterocycles. The van der Waals surface area contributed by atoms with Crippen LogP contribution >= 0.6 is 15.9 Å². The van der Waals surface area contributed by atoms with Crippen LogP contribution in [0, 0.1) is 0 Å². The van der Waals surface area contributed by atoms with Crippen molar-refractivity contribution >= 4 is 21.6 Å². The molecule has 1 aromatic carbocycles. The Hall–Kier alpha value is -0.540. The number of benzene rings is 1. The summed E-state index contributed by atoms with van der Waals surface area (Å²) in [7, 11) is 2.14. The van der Waals surface area contributed by atoms with Gasteiger partial charge in [-0.1, -0.05) is 29.3 Å². The van der Waals surface area contributed by atoms with Gasteiger partial charge in [0.05, 0.1) is 0 Å². The number of hydrogen-bond acceptors (Lipinski definition) is 2. The first-order valence-electron chi connectivity index (χ1n) is 5.81. The third-order valence-corrected chi connectivity index (χ3v) is 3.50. The van der Waals surface area contributed by atoms with Gasteiger partial charge in [0.15, 0.2) is 0 Å². The molecular formula is C13H21BrN2. The summed E-state index contributed by atoms with van der Waals surface area (Å²) in [5.41, 5.74) is 8.22. The average molecular weight is 285 g/mol. The summed E-state index contributed by atoms with van der Waals surface area (Å²) in [5.74, 6) is 0. The second-order valence-electron chi connectivity index (χ2n) is 4.23. The van der Waals surface area contributed by atoms with Crippen LogP contribution in [0.25, 0.3) is 0 Å². The lowest BCUT2D eigenvalue weighted by Crippen LogP contribution is -2.29. The molecule has 0 spiro atoms. The van der Waals surface area contributed by atoms with Crippen LogP contribution in [-0.4, -0.2) is 13.1 Å². The monoisotopic (exact) mass is 284 g/mol. The molecule has 0 aromatic heterocycles. The Balaban J connectivity index is 2.93. The highest BCUT2D eigenvalue weighted by molar-refractivity contribution is 9.10. The third-order valence-electron chi connectivity index (χ3n) is 3.01. The Kier molecular flexibility index (Phi) is 5.29. The van der Waals surface area contributed by atoms with Crippen LogP contribution < -0.4 is 10.6 Å². The predicted molar refractivity (Wildman–Crippen MR) is 74.8 cm³/mol. The van der Waals surface area contributed by atoms with Gasteiger partial charge in [0, 0.05) is 29.8 Å². The molecule has 90 valence electrons. The minimum Gasteiger partial charge on any atom is -0.372 e. The maximum absolute atomic E-state index is 5.78. The van der Waals surface area contributed by atoms with E-state index >= 15 is 0 Å². The normalized spacial score (nSPS) is 12.6. The molecule has 1 rings (SSSR count). The maximum Gasteiger partial charge on any atom is 0.0412 e. The molecule has 1 aromatic rings. The molecule has 0 saturated carbocycles. The first-order chi connectivity index (χ1) is 7.60. The molecular weight excluding hydrogens is 264 g/mol. The fourth-order valence-electron chi connectivity index (χ4n) is 1.91. The van der Waals surface area contributed by atoms with Crippen molar-refractivity contribution in [3.63, 3.8) is 0 Å². The number of rotatable bonds is 5. The number of nitrogens with two attached hydrogens (primary N) is 1. The fraction of sp³-hybridized carbons (Fsp3) is 0.538. The highest BCUT2D eigenvalue weighted by Crippen LogP contribution is 2.25. The van der Waals surface area contributed by atoms with Gasteiger partial charge in [0.1, 0.15) is 0 Å². The molecule has 2 nitrogen and oxygen atoms in total. The minimum absolute atomic E-state index is 0.552. The Morgan fingerprint density at radius 3 is 2.69 bits per heavy atom. The van der Waals surface area contributed by atoms with Crippen molar-refractivity contribution in [3.05, 3.63) is 28.2 Å². The van der Waals surface area contributed by atoms with E-state index in [9.17, 15) is 0 Å². The van der Waals surface area contributed by atoms with Gasteiger partial charge >= 0.3 is 0 Å². The van der Waals surface area contributed by atoms with Crippen LogP contribution in [-0.2, 0) is 6.54 Å². The Labute approximate surface area is 107 Å². The van der Waals surface area contributed by atoms with Crippen LogP contribution in [0.15, 0.2) is 22.7 Å². The first-order valence-corrected chi connectivity index (χ1v) is 6.60. The number of anilines is 1. The van der Waals surface area contributed by atoms with E-state index in [1.807, 2.05) is 0 Å². The maximum atomic E-state index is 5.78. The molecule has 2 N–H and O–H groups in total. The van der Waals surface area contributed by atoms with Gasteiger partial charge in [-0.15, -0.1) is 0 Å². The van der Waals surface area contributed by atoms with Gasteiger partial charge in [-0.25, -0.2) is 0 Å². The Bertz CT molecular complexity index is 339. The summed E-state index contributed by atoms with van der Waals surface area (Å²) < 4.78 is 1.09. The summed E-state index contributed by atoms with van der Waals surface area (Å²) in [5, 5.41) is 0. The average Bonchev–Trinajstić information content (AvgIpc) is 2.28. The lowest BCUT2D eigenvalue weighted by atomic mass is 10.1. The summed E-state index contributed by atoms with van der Waals surface area (Å²) in [6.45, 7) is 5.06. The Morgan fingerprint density at radius 2 is 2.12 bits per heavy atom. The van der Waals surface area contributed by atoms with Crippen LogP contribution in [0.3, 0.4) is 0 Å². The molecule has 0 amide bonds. The highest BCUT2D eigenvalue weighted by atomic mass is 79.9. The van der Waals surface area contributed by atoms with Crippen LogP contribution in [0.2, 0.25) is 0 Å². The first kappa shape index (κ1) is 13.5. The topological polar surface area (TPSA) is 29.3 Å². The summed E-state index contributed by atoms with van der Waals surface area (Å²) >= 11 is 3.48. The predicted octanol–water partition coefficient (Wildman–Crippen LogP) is 3.53. The minimum atomic E-state index is 0.552. The number of halogens is 1. The van der Waals surface area contributed by atoms with Crippen molar-refractivity contribution in [3.8, 4) is 0 Å². The molecule has 0 aliphatic carbocycles. The largest absolute Gasteiger partial charge is 0.372 e. The summed E-state index contributed by atoms with van der Waals surface area (Å²) in [4.78, 5) is 2.32. The SMILES string of the molecule is CCCC(C)N(C)c1ccc(Br)cc1CN. The zero-order valence-corrected chi connectivity index (χ0v) is 11.9. The smallest absolute Gasteiger partial charge is 0.0412 e. The lowest BCUT2D eigenvalue weighted by Gasteiger charge is -2.28. The van der Waals surface area contributed by atoms with E-state index in [2.05, 4.69) is 59.9 Å². The van der Waals surface area contributed by atoms with Gasteiger partial charge in [-0.05, 0) is 37.1 Å². The van der Waals surface area contributed by atoms with E-state index in [0.717, 1.165) is 4.47 Å². The van der Waals surface area contributed by atoms with Crippen LogP contribution in [0.5, 0.6) is 0 Å². The van der Waals surface area contributed by atoms with Crippen molar-refractivity contribution in [2.24, 2.45) is 5.73 Å². The molecule has 0 saturated heterocycles. The van der Waals surface area contributed by atoms with Crippen molar-refractivity contribution in [1.82, 2.24) is 0 Å². The summed E-state index contributed by atoms with van der Waals surface area (Å²) in [6, 6.07) is 6.86. The standard InChI is InChI=1S/C13H21BrN2/c1-4-5-10(2)16(3)13-7-6-12(14)8-11(13)9-15/h6-8,10H,4-5,9,15H2,1-3H3. The Morgan fingerprint density at radius 1 is 1.44 bits per heavy atom. The molecule has 1 atom stereocenters. The van der Waals surface area contributed by atoms with E-state index in [-0.39, 0.29) is 0 Å². The zero-order chi connectivity index (χ0) is 12.1. The van der Waals surface area contributed by atoms with E-state index in [0.29, 0.717) is 12.6 Å². The van der Waals surface area contributed by atoms with Crippen molar-refractivity contribution in [2.75, 3.05) is 11.9 Å². The third kappa shape index (κ3) is 3.22. The van der Waals surface area contributed by atoms with Gasteiger partial charge in [0.25, 0.3) is 0 Å². The molecule has 0 aliphatic heterocycles. The van der Waals surface area contributed by atoms with E-state index < -0.39 is 0 Å². The lowest BCUT2D eigenvalue weighted by molar-refractivity contribution is 0.614. The molecule has 16 heavy (non-hydrogen) atoms. The van der Waals surface area contributed by atoms with Gasteiger partial charge < -0.3 is 10.6 Å². The van der Waals surface area contributed by atoms with Crippen LogP contribution in [0.1, 0.15) is 32.3 Å². The number of hydrogen-bond donors (Lipinski definition) is 1. The van der Waals surface area contributed by atoms with E-state index in [4.69, 9.17) is 5.73 Å². The van der Waals surface area contributed by atoms with Crippen molar-refractivity contribution in [2.45, 2.75) is 39.3 Å². The molecule has 3 heteroatoms. The highest BCUT2D eigenvalue weighted by Gasteiger charge is 2.12.